The predicted molar refractivity (Wildman–Crippen MR) is 83.4 cm³/mol. The van der Waals surface area contributed by atoms with Crippen molar-refractivity contribution in [3.63, 3.8) is 0 Å². The molecule has 108 valence electrons. The molecule has 0 spiro atoms. The molecule has 1 aromatic carbocycles. The van der Waals surface area contributed by atoms with Crippen molar-refractivity contribution in [2.75, 3.05) is 0 Å². The van der Waals surface area contributed by atoms with Crippen LogP contribution in [0, 0.1) is 11.3 Å². The van der Waals surface area contributed by atoms with E-state index in [0.717, 1.165) is 19.3 Å². The Balaban J connectivity index is 2.43. The average molecular weight is 262 g/mol. The van der Waals surface area contributed by atoms with Crippen molar-refractivity contribution in [2.24, 2.45) is 11.3 Å². The summed E-state index contributed by atoms with van der Waals surface area (Å²) in [5.41, 5.74) is 2.95. The quantitative estimate of drug-likeness (QED) is 0.793. The molecule has 1 nitrogen and oxygen atoms in total. The van der Waals surface area contributed by atoms with Gasteiger partial charge in [-0.05, 0) is 48.1 Å². The van der Waals surface area contributed by atoms with Gasteiger partial charge in [0.2, 0.25) is 0 Å². The van der Waals surface area contributed by atoms with Gasteiger partial charge in [0.05, 0.1) is 6.10 Å². The lowest BCUT2D eigenvalue weighted by Crippen LogP contribution is -2.18. The summed E-state index contributed by atoms with van der Waals surface area (Å²) in [6, 6.07) is 8.63. The van der Waals surface area contributed by atoms with Gasteiger partial charge in [0.15, 0.2) is 0 Å². The van der Waals surface area contributed by atoms with Crippen LogP contribution in [0.4, 0.5) is 0 Å². The Morgan fingerprint density at radius 1 is 1.05 bits per heavy atom. The molecule has 0 amide bonds. The number of rotatable bonds is 6. The van der Waals surface area contributed by atoms with E-state index in [1.807, 2.05) is 0 Å². The topological polar surface area (TPSA) is 20.2 Å². The zero-order valence-electron chi connectivity index (χ0n) is 13.2. The first kappa shape index (κ1) is 16.2. The van der Waals surface area contributed by atoms with Gasteiger partial charge >= 0.3 is 0 Å². The normalized spacial score (nSPS) is 15.3. The Kier molecular flexibility index (Phi) is 6.06. The summed E-state index contributed by atoms with van der Waals surface area (Å²) in [6.07, 6.45) is 3.69. The summed E-state index contributed by atoms with van der Waals surface area (Å²) >= 11 is 0. The molecule has 0 aliphatic heterocycles. The van der Waals surface area contributed by atoms with E-state index in [9.17, 15) is 5.11 Å². The highest BCUT2D eigenvalue weighted by Crippen LogP contribution is 2.27. The van der Waals surface area contributed by atoms with Crippen LogP contribution in [-0.2, 0) is 12.8 Å². The van der Waals surface area contributed by atoms with Gasteiger partial charge in [-0.25, -0.2) is 0 Å². The lowest BCUT2D eigenvalue weighted by Gasteiger charge is -2.25. The van der Waals surface area contributed by atoms with Crippen molar-refractivity contribution in [1.82, 2.24) is 0 Å². The van der Waals surface area contributed by atoms with E-state index >= 15 is 0 Å². The van der Waals surface area contributed by atoms with Gasteiger partial charge in [0.1, 0.15) is 0 Å². The van der Waals surface area contributed by atoms with E-state index in [4.69, 9.17) is 0 Å². The highest BCUT2D eigenvalue weighted by Gasteiger charge is 2.18. The largest absolute Gasteiger partial charge is 0.393 e. The molecule has 0 aliphatic rings. The Morgan fingerprint density at radius 2 is 1.58 bits per heavy atom. The van der Waals surface area contributed by atoms with Gasteiger partial charge in [0.25, 0.3) is 0 Å². The van der Waals surface area contributed by atoms with E-state index in [1.54, 1.807) is 0 Å². The van der Waals surface area contributed by atoms with E-state index in [-0.39, 0.29) is 6.10 Å². The van der Waals surface area contributed by atoms with Crippen LogP contribution in [0.15, 0.2) is 24.3 Å². The molecule has 0 heterocycles. The molecule has 2 unspecified atom stereocenters. The number of hydrogen-bond donors (Lipinski definition) is 1. The van der Waals surface area contributed by atoms with Crippen molar-refractivity contribution >= 4 is 0 Å². The maximum atomic E-state index is 10.2. The summed E-state index contributed by atoms with van der Waals surface area (Å²) in [7, 11) is 0. The third kappa shape index (κ3) is 6.77. The molecule has 0 aliphatic carbocycles. The molecular weight excluding hydrogens is 232 g/mol. The molecule has 0 aromatic heterocycles. The van der Waals surface area contributed by atoms with Crippen LogP contribution in [-0.4, -0.2) is 11.2 Å². The Labute approximate surface area is 119 Å². The highest BCUT2D eigenvalue weighted by atomic mass is 16.3. The molecular formula is C18H30O. The summed E-state index contributed by atoms with van der Waals surface area (Å²) < 4.78 is 0. The number of hydrogen-bond acceptors (Lipinski definition) is 1. The molecule has 19 heavy (non-hydrogen) atoms. The smallest absolute Gasteiger partial charge is 0.0583 e. The Bertz CT molecular complexity index is 358. The standard InChI is InChI=1S/C18H30O/c1-6-15-7-9-16(10-8-15)12-17(19)11-14(2)13-18(3,4)5/h7-10,14,17,19H,6,11-13H2,1-5H3. The van der Waals surface area contributed by atoms with Crippen molar-refractivity contribution in [2.45, 2.75) is 66.4 Å². The fourth-order valence-corrected chi connectivity index (χ4v) is 2.86. The van der Waals surface area contributed by atoms with E-state index in [1.165, 1.54) is 17.5 Å². The monoisotopic (exact) mass is 262 g/mol. The SMILES string of the molecule is CCc1ccc(CC(O)CC(C)CC(C)(C)C)cc1. The van der Waals surface area contributed by atoms with Crippen LogP contribution in [0.25, 0.3) is 0 Å². The summed E-state index contributed by atoms with van der Waals surface area (Å²) in [6.45, 7) is 11.2. The second-order valence-electron chi connectivity index (χ2n) is 7.13. The van der Waals surface area contributed by atoms with Gasteiger partial charge < -0.3 is 5.11 Å². The minimum absolute atomic E-state index is 0.218. The van der Waals surface area contributed by atoms with Gasteiger partial charge in [-0.15, -0.1) is 0 Å². The van der Waals surface area contributed by atoms with Crippen molar-refractivity contribution < 1.29 is 5.11 Å². The summed E-state index contributed by atoms with van der Waals surface area (Å²) in [4.78, 5) is 0. The first-order valence-corrected chi connectivity index (χ1v) is 7.56. The van der Waals surface area contributed by atoms with Crippen LogP contribution < -0.4 is 0 Å². The first-order valence-electron chi connectivity index (χ1n) is 7.56. The average Bonchev–Trinajstić information content (AvgIpc) is 2.27. The minimum atomic E-state index is -0.218. The molecule has 0 saturated heterocycles. The predicted octanol–water partition coefficient (Wildman–Crippen LogP) is 4.61. The van der Waals surface area contributed by atoms with Gasteiger partial charge in [-0.3, -0.25) is 0 Å². The van der Waals surface area contributed by atoms with Crippen LogP contribution in [0.2, 0.25) is 0 Å². The molecule has 1 aromatic rings. The van der Waals surface area contributed by atoms with Crippen LogP contribution >= 0.6 is 0 Å². The lowest BCUT2D eigenvalue weighted by molar-refractivity contribution is 0.133. The fraction of sp³-hybridized carbons (Fsp3) is 0.667. The Hall–Kier alpha value is -0.820. The third-order valence-corrected chi connectivity index (χ3v) is 3.54. The molecule has 1 rings (SSSR count). The van der Waals surface area contributed by atoms with Crippen molar-refractivity contribution in [3.05, 3.63) is 35.4 Å². The first-order chi connectivity index (χ1) is 8.80. The second-order valence-corrected chi connectivity index (χ2v) is 7.13. The van der Waals surface area contributed by atoms with Gasteiger partial charge in [0, 0.05) is 0 Å². The van der Waals surface area contributed by atoms with Gasteiger partial charge in [-0.2, -0.15) is 0 Å². The fourth-order valence-electron chi connectivity index (χ4n) is 2.86. The van der Waals surface area contributed by atoms with Crippen molar-refractivity contribution in [1.29, 1.82) is 0 Å². The molecule has 0 bridgehead atoms. The van der Waals surface area contributed by atoms with E-state index in [2.05, 4.69) is 58.9 Å². The number of aryl methyl sites for hydroxylation is 1. The van der Waals surface area contributed by atoms with Crippen LogP contribution in [0.5, 0.6) is 0 Å². The number of aliphatic hydroxyl groups is 1. The number of aliphatic hydroxyl groups excluding tert-OH is 1. The molecule has 2 atom stereocenters. The maximum absolute atomic E-state index is 10.2. The second kappa shape index (κ2) is 7.09. The molecule has 0 saturated carbocycles. The van der Waals surface area contributed by atoms with Gasteiger partial charge in [-0.1, -0.05) is 58.9 Å². The van der Waals surface area contributed by atoms with E-state index in [0.29, 0.717) is 11.3 Å². The maximum Gasteiger partial charge on any atom is 0.0583 e. The molecule has 0 fully saturated rings. The van der Waals surface area contributed by atoms with E-state index < -0.39 is 0 Å². The lowest BCUT2D eigenvalue weighted by atomic mass is 9.82. The van der Waals surface area contributed by atoms with Crippen LogP contribution in [0.3, 0.4) is 0 Å². The zero-order valence-corrected chi connectivity index (χ0v) is 13.2. The van der Waals surface area contributed by atoms with Crippen molar-refractivity contribution in [3.8, 4) is 0 Å². The summed E-state index contributed by atoms with van der Waals surface area (Å²) in [5, 5.41) is 10.2. The zero-order chi connectivity index (χ0) is 14.5. The Morgan fingerprint density at radius 3 is 2.05 bits per heavy atom. The number of benzene rings is 1. The molecule has 1 N–H and O–H groups in total. The highest BCUT2D eigenvalue weighted by molar-refractivity contribution is 5.22. The third-order valence-electron chi connectivity index (χ3n) is 3.54. The molecule has 0 radical (unpaired) electrons. The van der Waals surface area contributed by atoms with Crippen LogP contribution in [0.1, 0.15) is 58.6 Å². The minimum Gasteiger partial charge on any atom is -0.393 e. The molecule has 1 heteroatoms. The summed E-state index contributed by atoms with van der Waals surface area (Å²) in [5.74, 6) is 0.574.